The quantitative estimate of drug-likeness (QED) is 0.709. The highest BCUT2D eigenvalue weighted by Crippen LogP contribution is 2.51. The van der Waals surface area contributed by atoms with E-state index in [0.717, 1.165) is 18.2 Å². The Kier molecular flexibility index (Phi) is 5.36. The number of likely N-dealkylation sites (tertiary alicyclic amines) is 1. The molecule has 1 saturated carbocycles. The summed E-state index contributed by atoms with van der Waals surface area (Å²) in [5, 5.41) is 0. The normalized spacial score (nSPS) is 27.3. The molecule has 2 aromatic rings. The maximum atomic E-state index is 5.56. The molecule has 2 unspecified atom stereocenters. The van der Waals surface area contributed by atoms with E-state index in [1.165, 1.54) is 49.9 Å². The van der Waals surface area contributed by atoms with E-state index in [-0.39, 0.29) is 5.41 Å². The Balaban J connectivity index is 1.71. The fraction of sp³-hybridized carbons (Fsp3) is 0.440. The molecule has 142 valence electrons. The molecule has 2 atom stereocenters. The zero-order chi connectivity index (χ0) is 18.7. The Morgan fingerprint density at radius 1 is 1.15 bits per heavy atom. The Labute approximate surface area is 163 Å². The summed E-state index contributed by atoms with van der Waals surface area (Å²) in [4.78, 5) is 2.63. The summed E-state index contributed by atoms with van der Waals surface area (Å²) in [5.41, 5.74) is 4.66. The number of hydrogen-bond donors (Lipinski definition) is 0. The average molecular weight is 362 g/mol. The highest BCUT2D eigenvalue weighted by Gasteiger charge is 2.46. The number of ether oxygens (including phenoxy) is 1. The first kappa shape index (κ1) is 18.3. The third-order valence-corrected chi connectivity index (χ3v) is 6.75. The summed E-state index contributed by atoms with van der Waals surface area (Å²) in [7, 11) is 1.77. The van der Waals surface area contributed by atoms with Gasteiger partial charge in [0, 0.05) is 12.0 Å². The molecule has 27 heavy (non-hydrogen) atoms. The molecule has 0 bridgehead atoms. The Bertz CT molecular complexity index is 797. The second-order valence-corrected chi connectivity index (χ2v) is 8.16. The molecule has 2 heteroatoms. The van der Waals surface area contributed by atoms with Gasteiger partial charge in [0.25, 0.3) is 0 Å². The van der Waals surface area contributed by atoms with E-state index >= 15 is 0 Å². The molecular formula is C25H31NO. The molecule has 0 aromatic heterocycles. The monoisotopic (exact) mass is 361 g/mol. The number of nitrogens with zero attached hydrogens (tertiary/aromatic N) is 1. The van der Waals surface area contributed by atoms with Crippen LogP contribution in [0, 0.1) is 5.92 Å². The molecule has 1 aliphatic carbocycles. The first-order valence-electron chi connectivity index (χ1n) is 10.3. The van der Waals surface area contributed by atoms with Gasteiger partial charge in [-0.3, -0.25) is 0 Å². The third-order valence-electron chi connectivity index (χ3n) is 6.75. The van der Waals surface area contributed by atoms with E-state index in [9.17, 15) is 0 Å². The number of piperidine rings is 1. The van der Waals surface area contributed by atoms with Crippen LogP contribution in [0.25, 0.3) is 6.08 Å². The van der Waals surface area contributed by atoms with Crippen LogP contribution in [-0.2, 0) is 5.41 Å². The molecule has 2 aliphatic rings. The van der Waals surface area contributed by atoms with Crippen LogP contribution in [-0.4, -0.2) is 31.6 Å². The second-order valence-electron chi connectivity index (χ2n) is 8.16. The van der Waals surface area contributed by atoms with Crippen LogP contribution < -0.4 is 4.74 Å². The van der Waals surface area contributed by atoms with Gasteiger partial charge < -0.3 is 9.64 Å². The molecule has 2 nitrogen and oxygen atoms in total. The van der Waals surface area contributed by atoms with Crippen LogP contribution in [0.4, 0.5) is 0 Å². The molecule has 4 rings (SSSR count). The minimum atomic E-state index is 0.249. The van der Waals surface area contributed by atoms with Gasteiger partial charge in [0.15, 0.2) is 0 Å². The van der Waals surface area contributed by atoms with Crippen LogP contribution in [0.3, 0.4) is 0 Å². The summed E-state index contributed by atoms with van der Waals surface area (Å²) >= 11 is 0. The summed E-state index contributed by atoms with van der Waals surface area (Å²) in [6, 6.07) is 19.7. The van der Waals surface area contributed by atoms with Gasteiger partial charge >= 0.3 is 0 Å². The SMILES string of the molecule is CCN1CCC2(c3cccc(OC)c3)CC(=Cc3ccccc3)CCC2C1. The number of allylic oxidation sites excluding steroid dienone is 1. The fourth-order valence-corrected chi connectivity index (χ4v) is 5.20. The lowest BCUT2D eigenvalue weighted by Crippen LogP contribution is -2.51. The van der Waals surface area contributed by atoms with Gasteiger partial charge in [0.2, 0.25) is 0 Å². The van der Waals surface area contributed by atoms with Crippen molar-refractivity contribution in [2.45, 2.75) is 38.0 Å². The van der Waals surface area contributed by atoms with Crippen molar-refractivity contribution in [3.05, 3.63) is 71.3 Å². The van der Waals surface area contributed by atoms with Gasteiger partial charge in [0.05, 0.1) is 7.11 Å². The van der Waals surface area contributed by atoms with Crippen molar-refractivity contribution in [1.82, 2.24) is 4.90 Å². The van der Waals surface area contributed by atoms with Crippen molar-refractivity contribution < 1.29 is 4.74 Å². The summed E-state index contributed by atoms with van der Waals surface area (Å²) in [6.45, 7) is 5.88. The zero-order valence-corrected chi connectivity index (χ0v) is 16.7. The van der Waals surface area contributed by atoms with Crippen LogP contribution in [0.15, 0.2) is 60.2 Å². The molecule has 1 aliphatic heterocycles. The first-order valence-corrected chi connectivity index (χ1v) is 10.3. The van der Waals surface area contributed by atoms with Crippen molar-refractivity contribution >= 4 is 6.08 Å². The highest BCUT2D eigenvalue weighted by atomic mass is 16.5. The maximum absolute atomic E-state index is 5.56. The van der Waals surface area contributed by atoms with Crippen LogP contribution in [0.1, 0.15) is 43.7 Å². The van der Waals surface area contributed by atoms with E-state index in [4.69, 9.17) is 4.74 Å². The second kappa shape index (κ2) is 7.90. The summed E-state index contributed by atoms with van der Waals surface area (Å²) < 4.78 is 5.56. The average Bonchev–Trinajstić information content (AvgIpc) is 2.74. The number of benzene rings is 2. The molecule has 1 heterocycles. The Morgan fingerprint density at radius 2 is 2.00 bits per heavy atom. The molecule has 2 aromatic carbocycles. The molecular weight excluding hydrogens is 330 g/mol. The lowest BCUT2D eigenvalue weighted by molar-refractivity contribution is 0.0748. The Morgan fingerprint density at radius 3 is 2.78 bits per heavy atom. The van der Waals surface area contributed by atoms with Crippen LogP contribution in [0.2, 0.25) is 0 Å². The predicted molar refractivity (Wildman–Crippen MR) is 113 cm³/mol. The molecule has 0 N–H and O–H groups in total. The van der Waals surface area contributed by atoms with Gasteiger partial charge in [-0.2, -0.15) is 0 Å². The van der Waals surface area contributed by atoms with Crippen molar-refractivity contribution in [3.8, 4) is 5.75 Å². The first-order chi connectivity index (χ1) is 13.2. The zero-order valence-electron chi connectivity index (χ0n) is 16.7. The number of hydrogen-bond acceptors (Lipinski definition) is 2. The molecule has 0 spiro atoms. The number of fused-ring (bicyclic) bond motifs is 1. The van der Waals surface area contributed by atoms with Crippen molar-refractivity contribution in [3.63, 3.8) is 0 Å². The topological polar surface area (TPSA) is 12.5 Å². The minimum Gasteiger partial charge on any atom is -0.497 e. The van der Waals surface area contributed by atoms with Gasteiger partial charge in [-0.25, -0.2) is 0 Å². The lowest BCUT2D eigenvalue weighted by atomic mass is 9.58. The van der Waals surface area contributed by atoms with E-state index in [2.05, 4.69) is 72.5 Å². The maximum Gasteiger partial charge on any atom is 0.119 e. The Hall–Kier alpha value is -2.06. The number of methoxy groups -OCH3 is 1. The van der Waals surface area contributed by atoms with Gasteiger partial charge in [0.1, 0.15) is 5.75 Å². The van der Waals surface area contributed by atoms with Crippen molar-refractivity contribution in [2.24, 2.45) is 5.92 Å². The highest BCUT2D eigenvalue weighted by molar-refractivity contribution is 5.54. The van der Waals surface area contributed by atoms with E-state index < -0.39 is 0 Å². The summed E-state index contributed by atoms with van der Waals surface area (Å²) in [6.07, 6.45) is 7.36. The molecule has 0 amide bonds. The van der Waals surface area contributed by atoms with Gasteiger partial charge in [-0.1, -0.05) is 61.0 Å². The van der Waals surface area contributed by atoms with Crippen molar-refractivity contribution in [1.29, 1.82) is 0 Å². The number of rotatable bonds is 4. The van der Waals surface area contributed by atoms with Crippen LogP contribution >= 0.6 is 0 Å². The van der Waals surface area contributed by atoms with Crippen LogP contribution in [0.5, 0.6) is 5.75 Å². The smallest absolute Gasteiger partial charge is 0.119 e. The van der Waals surface area contributed by atoms with E-state index in [1.54, 1.807) is 12.7 Å². The van der Waals surface area contributed by atoms with Gasteiger partial charge in [-0.05, 0) is 68.0 Å². The van der Waals surface area contributed by atoms with E-state index in [1.807, 2.05) is 0 Å². The van der Waals surface area contributed by atoms with Gasteiger partial charge in [-0.15, -0.1) is 0 Å². The summed E-state index contributed by atoms with van der Waals surface area (Å²) in [5.74, 6) is 1.71. The third kappa shape index (κ3) is 3.68. The fourth-order valence-electron chi connectivity index (χ4n) is 5.20. The molecule has 0 radical (unpaired) electrons. The largest absolute Gasteiger partial charge is 0.497 e. The molecule has 1 saturated heterocycles. The van der Waals surface area contributed by atoms with Crippen molar-refractivity contribution in [2.75, 3.05) is 26.7 Å². The minimum absolute atomic E-state index is 0.249. The van der Waals surface area contributed by atoms with E-state index in [0.29, 0.717) is 0 Å². The molecule has 2 fully saturated rings. The standard InChI is InChI=1S/C25H31NO/c1-3-26-15-14-25(22-10-7-11-24(17-22)27-2)18-21(12-13-23(25)19-26)16-20-8-5-4-6-9-20/h4-11,16-17,23H,3,12-15,18-19H2,1-2H3. The lowest BCUT2D eigenvalue weighted by Gasteiger charge is -2.52. The predicted octanol–water partition coefficient (Wildman–Crippen LogP) is 5.54.